The summed E-state index contributed by atoms with van der Waals surface area (Å²) in [6.07, 6.45) is 3.95. The lowest BCUT2D eigenvalue weighted by atomic mass is 9.98. The number of amides is 2. The van der Waals surface area contributed by atoms with E-state index in [0.29, 0.717) is 17.1 Å². The van der Waals surface area contributed by atoms with E-state index in [-0.39, 0.29) is 11.8 Å². The molecule has 4 rings (SSSR count). The van der Waals surface area contributed by atoms with E-state index in [1.165, 1.54) is 0 Å². The van der Waals surface area contributed by atoms with Crippen molar-refractivity contribution in [2.45, 2.75) is 25.7 Å². The Kier molecular flexibility index (Phi) is 4.68. The number of halogens is 1. The molecule has 0 atom stereocenters. The van der Waals surface area contributed by atoms with Crippen LogP contribution in [0.5, 0.6) is 0 Å². The molecule has 2 aliphatic rings. The van der Waals surface area contributed by atoms with Crippen molar-refractivity contribution in [2.75, 3.05) is 24.5 Å². The molecule has 1 fully saturated rings. The van der Waals surface area contributed by atoms with Crippen molar-refractivity contribution in [3.63, 3.8) is 0 Å². The molecule has 4 nitrogen and oxygen atoms in total. The molecule has 0 radical (unpaired) electrons. The standard InChI is InChI=1S/C21H21ClN2O2/c22-18-8-5-15(6-9-18)21(26)24-13-3-4-16-14-17(7-10-19(16)24)20(25)23-11-1-2-12-23/h5-10,14H,1-4,11-13H2. The number of benzene rings is 2. The van der Waals surface area contributed by atoms with Crippen LogP contribution in [0.2, 0.25) is 5.02 Å². The SMILES string of the molecule is O=C(c1ccc2c(c1)CCCN2C(=O)c1ccc(Cl)cc1)N1CCCC1. The molecule has 0 N–H and O–H groups in total. The third-order valence-electron chi connectivity index (χ3n) is 5.17. The highest BCUT2D eigenvalue weighted by Crippen LogP contribution is 2.30. The van der Waals surface area contributed by atoms with Gasteiger partial charge in [0.15, 0.2) is 0 Å². The predicted octanol–water partition coefficient (Wildman–Crippen LogP) is 4.17. The fraction of sp³-hybridized carbons (Fsp3) is 0.333. The lowest BCUT2D eigenvalue weighted by Crippen LogP contribution is -2.35. The summed E-state index contributed by atoms with van der Waals surface area (Å²) in [6, 6.07) is 12.7. The molecule has 0 spiro atoms. The molecule has 0 aromatic heterocycles. The van der Waals surface area contributed by atoms with Gasteiger partial charge in [-0.25, -0.2) is 0 Å². The van der Waals surface area contributed by atoms with Crippen LogP contribution in [0.15, 0.2) is 42.5 Å². The number of likely N-dealkylation sites (tertiary alicyclic amines) is 1. The maximum atomic E-state index is 12.9. The summed E-state index contributed by atoms with van der Waals surface area (Å²) >= 11 is 5.92. The first kappa shape index (κ1) is 17.1. The van der Waals surface area contributed by atoms with Gasteiger partial charge in [-0.05, 0) is 73.7 Å². The molecule has 2 amide bonds. The van der Waals surface area contributed by atoms with Crippen LogP contribution < -0.4 is 4.90 Å². The molecule has 134 valence electrons. The number of fused-ring (bicyclic) bond motifs is 1. The molecule has 0 bridgehead atoms. The zero-order chi connectivity index (χ0) is 18.1. The van der Waals surface area contributed by atoms with E-state index < -0.39 is 0 Å². The van der Waals surface area contributed by atoms with Gasteiger partial charge < -0.3 is 9.80 Å². The van der Waals surface area contributed by atoms with E-state index in [2.05, 4.69) is 0 Å². The smallest absolute Gasteiger partial charge is 0.258 e. The summed E-state index contributed by atoms with van der Waals surface area (Å²) in [5.41, 5.74) is 3.34. The third kappa shape index (κ3) is 3.21. The molecule has 0 unspecified atom stereocenters. The second-order valence-electron chi connectivity index (χ2n) is 6.91. The van der Waals surface area contributed by atoms with Crippen molar-refractivity contribution in [3.8, 4) is 0 Å². The lowest BCUT2D eigenvalue weighted by Gasteiger charge is -2.30. The van der Waals surface area contributed by atoms with E-state index in [0.717, 1.165) is 55.6 Å². The van der Waals surface area contributed by atoms with Gasteiger partial charge in [0.2, 0.25) is 0 Å². The average Bonchev–Trinajstić information content (AvgIpc) is 3.21. The molecule has 2 aliphatic heterocycles. The van der Waals surface area contributed by atoms with Crippen LogP contribution >= 0.6 is 11.6 Å². The normalized spacial score (nSPS) is 16.5. The molecule has 26 heavy (non-hydrogen) atoms. The van der Waals surface area contributed by atoms with Crippen LogP contribution in [0.3, 0.4) is 0 Å². The first-order chi connectivity index (χ1) is 12.6. The summed E-state index contributed by atoms with van der Waals surface area (Å²) < 4.78 is 0. The van der Waals surface area contributed by atoms with Gasteiger partial charge in [-0.15, -0.1) is 0 Å². The van der Waals surface area contributed by atoms with Crippen molar-refractivity contribution >= 4 is 29.1 Å². The topological polar surface area (TPSA) is 40.6 Å². The molecule has 0 saturated carbocycles. The Hall–Kier alpha value is -2.33. The van der Waals surface area contributed by atoms with Gasteiger partial charge in [0.25, 0.3) is 11.8 Å². The van der Waals surface area contributed by atoms with Crippen LogP contribution in [-0.2, 0) is 6.42 Å². The number of carbonyl (C=O) groups excluding carboxylic acids is 2. The van der Waals surface area contributed by atoms with E-state index in [4.69, 9.17) is 11.6 Å². The van der Waals surface area contributed by atoms with Gasteiger partial charge in [0, 0.05) is 41.5 Å². The van der Waals surface area contributed by atoms with Gasteiger partial charge >= 0.3 is 0 Å². The molecule has 2 aromatic rings. The fourth-order valence-corrected chi connectivity index (χ4v) is 3.92. The van der Waals surface area contributed by atoms with Crippen LogP contribution in [0.25, 0.3) is 0 Å². The molecule has 5 heteroatoms. The van der Waals surface area contributed by atoms with Gasteiger partial charge in [0.1, 0.15) is 0 Å². The van der Waals surface area contributed by atoms with E-state index in [9.17, 15) is 9.59 Å². The van der Waals surface area contributed by atoms with Crippen LogP contribution in [0.4, 0.5) is 5.69 Å². The Morgan fingerprint density at radius 1 is 0.808 bits per heavy atom. The molecular formula is C21H21ClN2O2. The van der Waals surface area contributed by atoms with E-state index in [1.807, 2.05) is 28.0 Å². The van der Waals surface area contributed by atoms with Crippen molar-refractivity contribution in [2.24, 2.45) is 0 Å². The largest absolute Gasteiger partial charge is 0.339 e. The number of hydrogen-bond acceptors (Lipinski definition) is 2. The monoisotopic (exact) mass is 368 g/mol. The molecule has 0 aliphatic carbocycles. The Labute approximate surface area is 158 Å². The number of aryl methyl sites for hydroxylation is 1. The van der Waals surface area contributed by atoms with Gasteiger partial charge in [-0.2, -0.15) is 0 Å². The van der Waals surface area contributed by atoms with Gasteiger partial charge in [-0.3, -0.25) is 9.59 Å². The minimum absolute atomic E-state index is 0.0266. The first-order valence-corrected chi connectivity index (χ1v) is 9.51. The molecule has 2 heterocycles. The quantitative estimate of drug-likeness (QED) is 0.798. The average molecular weight is 369 g/mol. The summed E-state index contributed by atoms with van der Waals surface area (Å²) in [7, 11) is 0. The highest BCUT2D eigenvalue weighted by atomic mass is 35.5. The summed E-state index contributed by atoms with van der Waals surface area (Å²) in [5.74, 6) is 0.0766. The number of anilines is 1. The third-order valence-corrected chi connectivity index (χ3v) is 5.43. The van der Waals surface area contributed by atoms with Crippen molar-refractivity contribution in [1.82, 2.24) is 4.90 Å². The van der Waals surface area contributed by atoms with Crippen LogP contribution in [0, 0.1) is 0 Å². The molecule has 2 aromatic carbocycles. The highest BCUT2D eigenvalue weighted by molar-refractivity contribution is 6.30. The van der Waals surface area contributed by atoms with E-state index in [1.54, 1.807) is 24.3 Å². The zero-order valence-corrected chi connectivity index (χ0v) is 15.3. The highest BCUT2D eigenvalue weighted by Gasteiger charge is 2.26. The second kappa shape index (κ2) is 7.12. The lowest BCUT2D eigenvalue weighted by molar-refractivity contribution is 0.0792. The van der Waals surface area contributed by atoms with Gasteiger partial charge in [0.05, 0.1) is 0 Å². The second-order valence-corrected chi connectivity index (χ2v) is 7.35. The number of hydrogen-bond donors (Lipinski definition) is 0. The minimum atomic E-state index is -0.0266. The Balaban J connectivity index is 1.61. The zero-order valence-electron chi connectivity index (χ0n) is 14.6. The maximum Gasteiger partial charge on any atom is 0.258 e. The first-order valence-electron chi connectivity index (χ1n) is 9.13. The Morgan fingerprint density at radius 3 is 2.23 bits per heavy atom. The number of rotatable bonds is 2. The summed E-state index contributed by atoms with van der Waals surface area (Å²) in [5, 5.41) is 0.616. The van der Waals surface area contributed by atoms with Gasteiger partial charge in [-0.1, -0.05) is 11.6 Å². The van der Waals surface area contributed by atoms with Crippen molar-refractivity contribution in [1.29, 1.82) is 0 Å². The van der Waals surface area contributed by atoms with Crippen molar-refractivity contribution in [3.05, 3.63) is 64.2 Å². The predicted molar refractivity (Wildman–Crippen MR) is 103 cm³/mol. The molecule has 1 saturated heterocycles. The number of nitrogens with zero attached hydrogens (tertiary/aromatic N) is 2. The van der Waals surface area contributed by atoms with E-state index >= 15 is 0 Å². The minimum Gasteiger partial charge on any atom is -0.339 e. The Morgan fingerprint density at radius 2 is 1.50 bits per heavy atom. The van der Waals surface area contributed by atoms with Crippen molar-refractivity contribution < 1.29 is 9.59 Å². The number of carbonyl (C=O) groups is 2. The maximum absolute atomic E-state index is 12.9. The fourth-order valence-electron chi connectivity index (χ4n) is 3.79. The van der Waals surface area contributed by atoms with Crippen LogP contribution in [-0.4, -0.2) is 36.3 Å². The molecular weight excluding hydrogens is 348 g/mol. The summed E-state index contributed by atoms with van der Waals surface area (Å²) in [6.45, 7) is 2.38. The summed E-state index contributed by atoms with van der Waals surface area (Å²) in [4.78, 5) is 29.3. The Bertz CT molecular complexity index is 842. The van der Waals surface area contributed by atoms with Crippen LogP contribution in [0.1, 0.15) is 45.5 Å².